The number of nitrogens with one attached hydrogen (secondary N) is 2. The molecule has 0 unspecified atom stereocenters. The third-order valence-corrected chi connectivity index (χ3v) is 4.76. The average molecular weight is 431 g/mol. The Balaban J connectivity index is 1.72. The first-order valence-corrected chi connectivity index (χ1v) is 10.4. The predicted octanol–water partition coefficient (Wildman–Crippen LogP) is 4.76. The summed E-state index contributed by atoms with van der Waals surface area (Å²) in [5.74, 6) is -1.11. The lowest BCUT2D eigenvalue weighted by molar-refractivity contribution is -0.147. The van der Waals surface area contributed by atoms with Crippen LogP contribution in [0.4, 0.5) is 11.4 Å². The third-order valence-electron chi connectivity index (χ3n) is 4.52. The largest absolute Gasteiger partial charge is 0.456 e. The van der Waals surface area contributed by atoms with Gasteiger partial charge in [-0.1, -0.05) is 49.7 Å². The van der Waals surface area contributed by atoms with Gasteiger partial charge in [-0.3, -0.25) is 14.4 Å². The second-order valence-corrected chi connectivity index (χ2v) is 7.22. The van der Waals surface area contributed by atoms with E-state index < -0.39 is 5.97 Å². The van der Waals surface area contributed by atoms with Crippen molar-refractivity contribution in [2.75, 3.05) is 17.2 Å². The van der Waals surface area contributed by atoms with Crippen molar-refractivity contribution in [1.29, 1.82) is 0 Å². The Bertz CT molecular complexity index is 876. The zero-order chi connectivity index (χ0) is 21.9. The molecule has 0 atom stereocenters. The van der Waals surface area contributed by atoms with Crippen LogP contribution < -0.4 is 10.6 Å². The van der Waals surface area contributed by atoms with Crippen molar-refractivity contribution in [1.82, 2.24) is 0 Å². The molecular weight excluding hydrogens is 404 g/mol. The summed E-state index contributed by atoms with van der Waals surface area (Å²) in [4.78, 5) is 36.0. The second kappa shape index (κ2) is 12.0. The summed E-state index contributed by atoms with van der Waals surface area (Å²) in [6.07, 6.45) is 2.13. The van der Waals surface area contributed by atoms with E-state index in [4.69, 9.17) is 16.3 Å². The lowest BCUT2D eigenvalue weighted by Crippen LogP contribution is -2.22. The maximum Gasteiger partial charge on any atom is 0.306 e. The Morgan fingerprint density at radius 3 is 2.20 bits per heavy atom. The van der Waals surface area contributed by atoms with Crippen LogP contribution in [0, 0.1) is 0 Å². The normalized spacial score (nSPS) is 10.4. The van der Waals surface area contributed by atoms with Gasteiger partial charge in [0, 0.05) is 29.2 Å². The number of amides is 2. The highest BCUT2D eigenvalue weighted by Gasteiger charge is 2.13. The van der Waals surface area contributed by atoms with Crippen molar-refractivity contribution in [2.45, 2.75) is 46.0 Å². The Labute approximate surface area is 182 Å². The second-order valence-electron chi connectivity index (χ2n) is 6.78. The van der Waals surface area contributed by atoms with Crippen LogP contribution in [0.3, 0.4) is 0 Å². The fraction of sp³-hybridized carbons (Fsp3) is 0.348. The molecule has 0 heterocycles. The number of hydrogen-bond acceptors (Lipinski definition) is 4. The van der Waals surface area contributed by atoms with Crippen molar-refractivity contribution >= 4 is 40.8 Å². The maximum atomic E-state index is 12.2. The fourth-order valence-electron chi connectivity index (χ4n) is 2.98. The summed E-state index contributed by atoms with van der Waals surface area (Å²) in [6.45, 7) is 3.69. The van der Waals surface area contributed by atoms with E-state index in [1.807, 2.05) is 32.0 Å². The number of carbonyl (C=O) groups is 3. The van der Waals surface area contributed by atoms with E-state index in [2.05, 4.69) is 10.6 Å². The van der Waals surface area contributed by atoms with Gasteiger partial charge >= 0.3 is 5.97 Å². The summed E-state index contributed by atoms with van der Waals surface area (Å²) >= 11 is 5.87. The molecule has 2 N–H and O–H groups in total. The minimum atomic E-state index is -0.514. The summed E-state index contributed by atoms with van der Waals surface area (Å²) in [7, 11) is 0. The number of para-hydroxylation sites is 1. The van der Waals surface area contributed by atoms with Crippen LogP contribution in [0.5, 0.6) is 0 Å². The highest BCUT2D eigenvalue weighted by Crippen LogP contribution is 2.22. The number of anilines is 2. The summed E-state index contributed by atoms with van der Waals surface area (Å²) in [5.41, 5.74) is 3.48. The minimum absolute atomic E-state index is 0.0575. The standard InChI is InChI=1S/C23H27ClN2O4/c1-3-16-8-5-9-17(4-2)23(16)26-21(28)15-30-22(29)13-7-12-20(27)25-19-11-6-10-18(24)14-19/h5-6,8-11,14H,3-4,7,12-13,15H2,1-2H3,(H,25,27)(H,26,28). The van der Waals surface area contributed by atoms with Crippen LogP contribution in [-0.2, 0) is 32.0 Å². The number of carbonyl (C=O) groups excluding carboxylic acids is 3. The van der Waals surface area contributed by atoms with Crippen molar-refractivity contribution in [2.24, 2.45) is 0 Å². The molecule has 7 heteroatoms. The fourth-order valence-corrected chi connectivity index (χ4v) is 3.17. The number of benzene rings is 2. The monoisotopic (exact) mass is 430 g/mol. The number of halogens is 1. The molecule has 0 radical (unpaired) electrons. The van der Waals surface area contributed by atoms with Crippen molar-refractivity contribution < 1.29 is 19.1 Å². The molecule has 0 aliphatic heterocycles. The van der Waals surface area contributed by atoms with E-state index in [0.717, 1.165) is 29.7 Å². The number of ether oxygens (including phenoxy) is 1. The Hall–Kier alpha value is -2.86. The van der Waals surface area contributed by atoms with Gasteiger partial charge in [-0.25, -0.2) is 0 Å². The lowest BCUT2D eigenvalue weighted by Gasteiger charge is -2.14. The molecule has 2 aromatic rings. The molecule has 0 saturated heterocycles. The van der Waals surface area contributed by atoms with E-state index >= 15 is 0 Å². The van der Waals surface area contributed by atoms with Gasteiger partial charge in [0.1, 0.15) is 0 Å². The van der Waals surface area contributed by atoms with E-state index in [9.17, 15) is 14.4 Å². The van der Waals surface area contributed by atoms with Crippen LogP contribution in [0.1, 0.15) is 44.2 Å². The van der Waals surface area contributed by atoms with Gasteiger partial charge in [-0.15, -0.1) is 0 Å². The lowest BCUT2D eigenvalue weighted by atomic mass is 10.0. The summed E-state index contributed by atoms with van der Waals surface area (Å²) in [5, 5.41) is 6.10. The zero-order valence-corrected chi connectivity index (χ0v) is 18.1. The Kier molecular flexibility index (Phi) is 9.35. The molecule has 2 rings (SSSR count). The van der Waals surface area contributed by atoms with Gasteiger partial charge in [0.05, 0.1) is 0 Å². The molecule has 0 aliphatic rings. The van der Waals surface area contributed by atoms with Crippen molar-refractivity contribution in [3.05, 3.63) is 58.6 Å². The molecule has 0 aliphatic carbocycles. The predicted molar refractivity (Wildman–Crippen MR) is 119 cm³/mol. The molecule has 2 amide bonds. The molecule has 2 aromatic carbocycles. The quantitative estimate of drug-likeness (QED) is 0.532. The van der Waals surface area contributed by atoms with Crippen molar-refractivity contribution in [3.63, 3.8) is 0 Å². The highest BCUT2D eigenvalue weighted by atomic mass is 35.5. The van der Waals surface area contributed by atoms with E-state index in [0.29, 0.717) is 17.1 Å². The smallest absolute Gasteiger partial charge is 0.306 e. The van der Waals surface area contributed by atoms with E-state index in [-0.39, 0.29) is 31.3 Å². The minimum Gasteiger partial charge on any atom is -0.456 e. The van der Waals surface area contributed by atoms with Crippen LogP contribution in [0.15, 0.2) is 42.5 Å². The average Bonchev–Trinajstić information content (AvgIpc) is 2.72. The molecule has 0 fully saturated rings. The Morgan fingerprint density at radius 1 is 0.900 bits per heavy atom. The van der Waals surface area contributed by atoms with Gasteiger partial charge in [0.15, 0.2) is 6.61 Å². The molecule has 0 saturated carbocycles. The number of hydrogen-bond donors (Lipinski definition) is 2. The van der Waals surface area contributed by atoms with Crippen molar-refractivity contribution in [3.8, 4) is 0 Å². The number of aryl methyl sites for hydroxylation is 2. The summed E-state index contributed by atoms with van der Waals surface area (Å²) in [6, 6.07) is 12.7. The molecule has 0 spiro atoms. The topological polar surface area (TPSA) is 84.5 Å². The third kappa shape index (κ3) is 7.52. The number of rotatable bonds is 10. The molecule has 6 nitrogen and oxygen atoms in total. The van der Waals surface area contributed by atoms with Crippen LogP contribution in [0.2, 0.25) is 5.02 Å². The SMILES string of the molecule is CCc1cccc(CC)c1NC(=O)COC(=O)CCCC(=O)Nc1cccc(Cl)c1. The number of esters is 1. The molecule has 160 valence electrons. The van der Waals surface area contributed by atoms with Crippen LogP contribution in [0.25, 0.3) is 0 Å². The molecular formula is C23H27ClN2O4. The van der Waals surface area contributed by atoms with Gasteiger partial charge < -0.3 is 15.4 Å². The van der Waals surface area contributed by atoms with E-state index in [1.165, 1.54) is 0 Å². The first-order valence-electron chi connectivity index (χ1n) is 10.0. The molecule has 0 bridgehead atoms. The van der Waals surface area contributed by atoms with Crippen LogP contribution in [-0.4, -0.2) is 24.4 Å². The maximum absolute atomic E-state index is 12.2. The highest BCUT2D eigenvalue weighted by molar-refractivity contribution is 6.30. The van der Waals surface area contributed by atoms with Gasteiger partial charge in [0.25, 0.3) is 5.91 Å². The van der Waals surface area contributed by atoms with Gasteiger partial charge in [-0.05, 0) is 48.6 Å². The zero-order valence-electron chi connectivity index (χ0n) is 17.3. The van der Waals surface area contributed by atoms with Gasteiger partial charge in [0.2, 0.25) is 5.91 Å². The molecule has 30 heavy (non-hydrogen) atoms. The Morgan fingerprint density at radius 2 is 1.57 bits per heavy atom. The molecule has 0 aromatic heterocycles. The van der Waals surface area contributed by atoms with E-state index in [1.54, 1.807) is 24.3 Å². The first kappa shape index (κ1) is 23.4. The van der Waals surface area contributed by atoms with Crippen LogP contribution >= 0.6 is 11.6 Å². The summed E-state index contributed by atoms with van der Waals surface area (Å²) < 4.78 is 5.04. The first-order chi connectivity index (χ1) is 14.4. The van der Waals surface area contributed by atoms with Gasteiger partial charge in [-0.2, -0.15) is 0 Å².